The van der Waals surface area contributed by atoms with E-state index < -0.39 is 0 Å². The van der Waals surface area contributed by atoms with Gasteiger partial charge in [0.2, 0.25) is 5.91 Å². The van der Waals surface area contributed by atoms with Gasteiger partial charge in [0.05, 0.1) is 6.26 Å². The molecule has 7 heteroatoms. The van der Waals surface area contributed by atoms with Crippen LogP contribution in [0.25, 0.3) is 0 Å². The minimum absolute atomic E-state index is 0. The third-order valence-corrected chi connectivity index (χ3v) is 4.74. The fourth-order valence-corrected chi connectivity index (χ4v) is 3.40. The zero-order chi connectivity index (χ0) is 15.4. The molecule has 128 valence electrons. The number of hydrogen-bond acceptors (Lipinski definition) is 4. The van der Waals surface area contributed by atoms with Gasteiger partial charge in [0, 0.05) is 26.1 Å². The van der Waals surface area contributed by atoms with Crippen molar-refractivity contribution in [1.29, 1.82) is 0 Å². The normalized spacial score (nSPS) is 23.6. The first kappa shape index (κ1) is 17.8. The van der Waals surface area contributed by atoms with Crippen molar-refractivity contribution in [2.75, 3.05) is 32.7 Å². The first-order chi connectivity index (χ1) is 10.7. The second-order valence-electron chi connectivity index (χ2n) is 6.12. The van der Waals surface area contributed by atoms with Gasteiger partial charge in [-0.15, -0.1) is 12.4 Å². The van der Waals surface area contributed by atoms with E-state index in [0.717, 1.165) is 50.9 Å². The van der Waals surface area contributed by atoms with E-state index in [1.165, 1.54) is 6.26 Å². The quantitative estimate of drug-likeness (QED) is 0.865. The number of amides is 2. The van der Waals surface area contributed by atoms with Crippen molar-refractivity contribution in [2.24, 2.45) is 11.8 Å². The Labute approximate surface area is 142 Å². The lowest BCUT2D eigenvalue weighted by Gasteiger charge is -2.21. The van der Waals surface area contributed by atoms with Gasteiger partial charge in [-0.25, -0.2) is 0 Å². The number of fused-ring (bicyclic) bond motifs is 1. The van der Waals surface area contributed by atoms with Gasteiger partial charge in [-0.05, 0) is 49.9 Å². The molecule has 6 nitrogen and oxygen atoms in total. The van der Waals surface area contributed by atoms with Gasteiger partial charge in [-0.3, -0.25) is 9.59 Å². The van der Waals surface area contributed by atoms with Crippen LogP contribution in [0, 0.1) is 11.8 Å². The molecule has 23 heavy (non-hydrogen) atoms. The Morgan fingerprint density at radius 3 is 2.57 bits per heavy atom. The predicted octanol–water partition coefficient (Wildman–Crippen LogP) is 1.28. The highest BCUT2D eigenvalue weighted by atomic mass is 35.5. The number of carbonyl (C=O) groups excluding carboxylic acids is 2. The second kappa shape index (κ2) is 8.36. The van der Waals surface area contributed by atoms with Crippen LogP contribution >= 0.6 is 12.4 Å². The molecule has 0 bridgehead atoms. The van der Waals surface area contributed by atoms with E-state index in [9.17, 15) is 9.59 Å². The monoisotopic (exact) mass is 341 g/mol. The number of furan rings is 1. The van der Waals surface area contributed by atoms with Crippen molar-refractivity contribution in [3.8, 4) is 0 Å². The summed E-state index contributed by atoms with van der Waals surface area (Å²) in [6, 6.07) is 3.28. The van der Waals surface area contributed by atoms with E-state index in [4.69, 9.17) is 4.42 Å². The molecule has 2 fully saturated rings. The van der Waals surface area contributed by atoms with Crippen LogP contribution in [0.15, 0.2) is 22.8 Å². The van der Waals surface area contributed by atoms with Crippen molar-refractivity contribution in [3.63, 3.8) is 0 Å². The van der Waals surface area contributed by atoms with Gasteiger partial charge in [0.1, 0.15) is 0 Å². The highest BCUT2D eigenvalue weighted by Crippen LogP contribution is 2.27. The van der Waals surface area contributed by atoms with Gasteiger partial charge in [-0.2, -0.15) is 0 Å². The van der Waals surface area contributed by atoms with Crippen LogP contribution < -0.4 is 10.6 Å². The van der Waals surface area contributed by atoms with Crippen LogP contribution in [0.3, 0.4) is 0 Å². The topological polar surface area (TPSA) is 74.6 Å². The molecule has 0 spiro atoms. The number of carbonyl (C=O) groups is 2. The SMILES string of the molecule is Cl.O=C(NCCC(=O)N1CC[C@@H]2CNC[C@@H]2CC1)c1ccco1. The molecule has 0 radical (unpaired) electrons. The summed E-state index contributed by atoms with van der Waals surface area (Å²) in [7, 11) is 0. The molecule has 0 saturated carbocycles. The summed E-state index contributed by atoms with van der Waals surface area (Å²) in [6.45, 7) is 4.21. The van der Waals surface area contributed by atoms with Crippen molar-refractivity contribution < 1.29 is 14.0 Å². The molecule has 0 aromatic carbocycles. The maximum absolute atomic E-state index is 12.3. The Hall–Kier alpha value is -1.53. The van der Waals surface area contributed by atoms with E-state index in [1.54, 1.807) is 12.1 Å². The number of halogens is 1. The minimum Gasteiger partial charge on any atom is -0.459 e. The third kappa shape index (κ3) is 4.48. The van der Waals surface area contributed by atoms with Gasteiger partial charge in [-0.1, -0.05) is 0 Å². The standard InChI is InChI=1S/C16H23N3O3.ClH/c20-15(3-6-18-16(21)14-2-1-9-22-14)19-7-4-12-10-17-11-13(12)5-8-19;/h1-2,9,12-13,17H,3-8,10-11H2,(H,18,21);1H/t12-,13+;. The highest BCUT2D eigenvalue weighted by Gasteiger charge is 2.31. The lowest BCUT2D eigenvalue weighted by atomic mass is 9.92. The number of nitrogens with zero attached hydrogens (tertiary/aromatic N) is 1. The average molecular weight is 342 g/mol. The van der Waals surface area contributed by atoms with Crippen molar-refractivity contribution >= 4 is 24.2 Å². The fraction of sp³-hybridized carbons (Fsp3) is 0.625. The van der Waals surface area contributed by atoms with Crippen molar-refractivity contribution in [1.82, 2.24) is 15.5 Å². The summed E-state index contributed by atoms with van der Waals surface area (Å²) in [5.41, 5.74) is 0. The molecular weight excluding hydrogens is 318 g/mol. The first-order valence-electron chi connectivity index (χ1n) is 8.04. The molecule has 2 aliphatic rings. The number of hydrogen-bond donors (Lipinski definition) is 2. The molecular formula is C16H24ClN3O3. The predicted molar refractivity (Wildman–Crippen MR) is 88.6 cm³/mol. The largest absolute Gasteiger partial charge is 0.459 e. The summed E-state index contributed by atoms with van der Waals surface area (Å²) in [6.07, 6.45) is 3.98. The van der Waals surface area contributed by atoms with Crippen LogP contribution in [0.2, 0.25) is 0 Å². The molecule has 2 aliphatic heterocycles. The Balaban J connectivity index is 0.00000192. The maximum Gasteiger partial charge on any atom is 0.286 e. The molecule has 3 heterocycles. The zero-order valence-corrected chi connectivity index (χ0v) is 13.9. The van der Waals surface area contributed by atoms with Crippen LogP contribution in [-0.2, 0) is 4.79 Å². The van der Waals surface area contributed by atoms with Gasteiger partial charge in [0.15, 0.2) is 5.76 Å². The first-order valence-corrected chi connectivity index (χ1v) is 8.04. The van der Waals surface area contributed by atoms with Crippen LogP contribution in [0.1, 0.15) is 29.8 Å². The van der Waals surface area contributed by atoms with Gasteiger partial charge >= 0.3 is 0 Å². The number of nitrogens with one attached hydrogen (secondary N) is 2. The van der Waals surface area contributed by atoms with E-state index in [0.29, 0.717) is 13.0 Å². The second-order valence-corrected chi connectivity index (χ2v) is 6.12. The third-order valence-electron chi connectivity index (χ3n) is 4.74. The smallest absolute Gasteiger partial charge is 0.286 e. The molecule has 2 N–H and O–H groups in total. The summed E-state index contributed by atoms with van der Waals surface area (Å²) in [4.78, 5) is 25.9. The molecule has 0 unspecified atom stereocenters. The highest BCUT2D eigenvalue weighted by molar-refractivity contribution is 5.91. The van der Waals surface area contributed by atoms with E-state index >= 15 is 0 Å². The molecule has 2 amide bonds. The summed E-state index contributed by atoms with van der Waals surface area (Å²) < 4.78 is 5.01. The van der Waals surface area contributed by atoms with Crippen molar-refractivity contribution in [3.05, 3.63) is 24.2 Å². The van der Waals surface area contributed by atoms with Crippen LogP contribution in [0.5, 0.6) is 0 Å². The Morgan fingerprint density at radius 1 is 1.26 bits per heavy atom. The van der Waals surface area contributed by atoms with Crippen LogP contribution in [-0.4, -0.2) is 49.4 Å². The van der Waals surface area contributed by atoms with Crippen molar-refractivity contribution in [2.45, 2.75) is 19.3 Å². The molecule has 1 aromatic rings. The zero-order valence-electron chi connectivity index (χ0n) is 13.1. The Bertz CT molecular complexity index is 507. The summed E-state index contributed by atoms with van der Waals surface area (Å²) in [5, 5.41) is 6.16. The average Bonchev–Trinajstić information content (AvgIpc) is 3.16. The maximum atomic E-state index is 12.3. The molecule has 0 aliphatic carbocycles. The molecule has 2 saturated heterocycles. The lowest BCUT2D eigenvalue weighted by Crippen LogP contribution is -2.35. The van der Waals surface area contributed by atoms with Crippen LogP contribution in [0.4, 0.5) is 0 Å². The minimum atomic E-state index is -0.269. The molecule has 2 atom stereocenters. The van der Waals surface area contributed by atoms with Gasteiger partial charge in [0.25, 0.3) is 5.91 Å². The van der Waals surface area contributed by atoms with E-state index in [-0.39, 0.29) is 30.0 Å². The summed E-state index contributed by atoms with van der Waals surface area (Å²) in [5.74, 6) is 1.58. The van der Waals surface area contributed by atoms with E-state index in [1.807, 2.05) is 4.90 Å². The van der Waals surface area contributed by atoms with E-state index in [2.05, 4.69) is 10.6 Å². The Morgan fingerprint density at radius 2 is 1.96 bits per heavy atom. The number of rotatable bonds is 4. The number of likely N-dealkylation sites (tertiary alicyclic amines) is 1. The fourth-order valence-electron chi connectivity index (χ4n) is 3.40. The Kier molecular flexibility index (Phi) is 6.47. The molecule has 1 aromatic heterocycles. The van der Waals surface area contributed by atoms with Gasteiger partial charge < -0.3 is 20.0 Å². The summed E-state index contributed by atoms with van der Waals surface area (Å²) >= 11 is 0. The lowest BCUT2D eigenvalue weighted by molar-refractivity contribution is -0.131. The molecule has 3 rings (SSSR count).